The first-order chi connectivity index (χ1) is 13.9. The summed E-state index contributed by atoms with van der Waals surface area (Å²) in [6, 6.07) is 6.55. The summed E-state index contributed by atoms with van der Waals surface area (Å²) >= 11 is 0. The number of carboxylic acids is 1. The van der Waals surface area contributed by atoms with E-state index < -0.39 is 5.97 Å². The minimum atomic E-state index is -1.03. The third kappa shape index (κ3) is 3.24. The van der Waals surface area contributed by atoms with Gasteiger partial charge in [0.25, 0.3) is 5.91 Å². The number of nitrogens with two attached hydrogens (primary N) is 1. The molecule has 1 aromatic rings. The van der Waals surface area contributed by atoms with E-state index in [1.807, 2.05) is 6.08 Å². The van der Waals surface area contributed by atoms with Crippen LogP contribution in [0.3, 0.4) is 0 Å². The Kier molecular flexibility index (Phi) is 4.58. The number of hydrogen-bond acceptors (Lipinski definition) is 5. The van der Waals surface area contributed by atoms with Crippen molar-refractivity contribution in [3.05, 3.63) is 77.1 Å². The van der Waals surface area contributed by atoms with E-state index >= 15 is 0 Å². The van der Waals surface area contributed by atoms with E-state index in [1.54, 1.807) is 18.2 Å². The molecule has 0 saturated carbocycles. The molecule has 3 N–H and O–H groups in total. The molecule has 29 heavy (non-hydrogen) atoms. The minimum Gasteiger partial charge on any atom is -0.478 e. The van der Waals surface area contributed by atoms with Crippen LogP contribution < -0.4 is 10.7 Å². The lowest BCUT2D eigenvalue weighted by atomic mass is 9.94. The average Bonchev–Trinajstić information content (AvgIpc) is 3.21. The zero-order valence-corrected chi connectivity index (χ0v) is 16.2. The number of allylic oxidation sites excluding steroid dienone is 3. The molecule has 1 amide bonds. The van der Waals surface area contributed by atoms with Crippen LogP contribution >= 0.6 is 0 Å². The molecule has 7 nitrogen and oxygen atoms in total. The molecule has 3 aliphatic rings. The van der Waals surface area contributed by atoms with Gasteiger partial charge in [0.1, 0.15) is 0 Å². The number of carboxylic acid groups (broad SMARTS) is 1. The number of aromatic carboxylic acids is 1. The number of carbonyl (C=O) groups excluding carboxylic acids is 1. The lowest BCUT2D eigenvalue weighted by Gasteiger charge is -2.30. The molecule has 2 heterocycles. The van der Waals surface area contributed by atoms with Crippen LogP contribution in [0.25, 0.3) is 0 Å². The van der Waals surface area contributed by atoms with E-state index in [0.29, 0.717) is 17.3 Å². The second-order valence-corrected chi connectivity index (χ2v) is 7.44. The number of hydrazone groups is 1. The Bertz CT molecular complexity index is 1030. The average molecular weight is 390 g/mol. The van der Waals surface area contributed by atoms with Crippen LogP contribution in [-0.4, -0.2) is 39.8 Å². The summed E-state index contributed by atoms with van der Waals surface area (Å²) in [5, 5.41) is 14.4. The summed E-state index contributed by atoms with van der Waals surface area (Å²) in [5.41, 5.74) is 9.13. The van der Waals surface area contributed by atoms with Gasteiger partial charge in [0, 0.05) is 12.2 Å². The first kappa shape index (κ1) is 18.7. The van der Waals surface area contributed by atoms with Gasteiger partial charge >= 0.3 is 5.97 Å². The van der Waals surface area contributed by atoms with Gasteiger partial charge in [-0.1, -0.05) is 18.2 Å². The standard InChI is InChI=1S/C22H22N4O3/c1-13(2)25-12-15(17-5-3-4-6-19(17)25)11-18-20(23)24-26(21(18)27)16-9-7-14(8-10-16)22(28)29/h3-5,7-13,19H,6H2,1-2H3,(H2,23,24)(H,28,29). The Morgan fingerprint density at radius 3 is 2.69 bits per heavy atom. The van der Waals surface area contributed by atoms with Crippen LogP contribution in [0, 0.1) is 0 Å². The van der Waals surface area contributed by atoms with Crippen molar-refractivity contribution in [2.45, 2.75) is 32.4 Å². The van der Waals surface area contributed by atoms with Gasteiger partial charge in [-0.25, -0.2) is 4.79 Å². The number of benzene rings is 1. The van der Waals surface area contributed by atoms with Crippen molar-refractivity contribution < 1.29 is 14.7 Å². The molecule has 1 unspecified atom stereocenters. The molecule has 4 rings (SSSR count). The number of amidine groups is 1. The number of nitrogens with zero attached hydrogens (tertiary/aromatic N) is 3. The topological polar surface area (TPSA) is 99.2 Å². The Morgan fingerprint density at radius 1 is 1.31 bits per heavy atom. The smallest absolute Gasteiger partial charge is 0.335 e. The van der Waals surface area contributed by atoms with Crippen LogP contribution in [-0.2, 0) is 4.79 Å². The maximum absolute atomic E-state index is 13.0. The predicted octanol–water partition coefficient (Wildman–Crippen LogP) is 2.79. The van der Waals surface area contributed by atoms with Crippen molar-refractivity contribution in [1.29, 1.82) is 0 Å². The molecule has 0 bridgehead atoms. The fourth-order valence-corrected chi connectivity index (χ4v) is 3.78. The van der Waals surface area contributed by atoms with E-state index in [4.69, 9.17) is 10.8 Å². The van der Waals surface area contributed by atoms with E-state index in [0.717, 1.165) is 12.0 Å². The predicted molar refractivity (Wildman–Crippen MR) is 111 cm³/mol. The fraction of sp³-hybridized carbons (Fsp3) is 0.227. The molecule has 1 atom stereocenters. The summed E-state index contributed by atoms with van der Waals surface area (Å²) < 4.78 is 0. The number of carbonyl (C=O) groups is 2. The van der Waals surface area contributed by atoms with Gasteiger partial charge in [0.2, 0.25) is 0 Å². The highest BCUT2D eigenvalue weighted by Gasteiger charge is 2.34. The lowest BCUT2D eigenvalue weighted by molar-refractivity contribution is -0.114. The summed E-state index contributed by atoms with van der Waals surface area (Å²) in [7, 11) is 0. The Labute approximate surface area is 168 Å². The number of amides is 1. The monoisotopic (exact) mass is 390 g/mol. The summed E-state index contributed by atoms with van der Waals surface area (Å²) in [6.07, 6.45) is 11.1. The quantitative estimate of drug-likeness (QED) is 0.770. The maximum Gasteiger partial charge on any atom is 0.335 e. The summed E-state index contributed by atoms with van der Waals surface area (Å²) in [6.45, 7) is 4.28. The first-order valence-corrected chi connectivity index (χ1v) is 9.47. The summed E-state index contributed by atoms with van der Waals surface area (Å²) in [5.74, 6) is -1.22. The number of rotatable bonds is 4. The SMILES string of the molecule is CC(C)N1C=C(C=C2C(=O)N(c3ccc(C(=O)O)cc3)N=C2N)C2=CC=CCC21. The van der Waals surface area contributed by atoms with Crippen molar-refractivity contribution >= 4 is 23.4 Å². The van der Waals surface area contributed by atoms with Crippen molar-refractivity contribution in [1.82, 2.24) is 4.90 Å². The largest absolute Gasteiger partial charge is 0.478 e. The van der Waals surface area contributed by atoms with Crippen molar-refractivity contribution in [2.75, 3.05) is 5.01 Å². The van der Waals surface area contributed by atoms with Crippen LogP contribution in [0.2, 0.25) is 0 Å². The van der Waals surface area contributed by atoms with Crippen molar-refractivity contribution in [3.8, 4) is 0 Å². The Balaban J connectivity index is 1.65. The van der Waals surface area contributed by atoms with E-state index in [1.165, 1.54) is 22.7 Å². The normalized spacial score (nSPS) is 22.2. The van der Waals surface area contributed by atoms with E-state index in [2.05, 4.69) is 42.2 Å². The molecule has 0 spiro atoms. The second kappa shape index (κ2) is 7.09. The second-order valence-electron chi connectivity index (χ2n) is 7.44. The molecule has 1 aromatic carbocycles. The van der Waals surface area contributed by atoms with Crippen LogP contribution in [0.15, 0.2) is 76.6 Å². The van der Waals surface area contributed by atoms with Crippen LogP contribution in [0.5, 0.6) is 0 Å². The third-order valence-corrected chi connectivity index (χ3v) is 5.27. The zero-order chi connectivity index (χ0) is 20.7. The Morgan fingerprint density at radius 2 is 2.03 bits per heavy atom. The van der Waals surface area contributed by atoms with Gasteiger partial charge in [0.05, 0.1) is 22.9 Å². The first-order valence-electron chi connectivity index (χ1n) is 9.47. The minimum absolute atomic E-state index is 0.140. The fourth-order valence-electron chi connectivity index (χ4n) is 3.78. The maximum atomic E-state index is 13.0. The lowest BCUT2D eigenvalue weighted by Crippen LogP contribution is -2.33. The van der Waals surface area contributed by atoms with Gasteiger partial charge in [-0.3, -0.25) is 4.79 Å². The molecular formula is C22H22N4O3. The molecule has 0 fully saturated rings. The number of anilines is 1. The van der Waals surface area contributed by atoms with Crippen LogP contribution in [0.1, 0.15) is 30.6 Å². The van der Waals surface area contributed by atoms with Gasteiger partial charge in [0.15, 0.2) is 5.84 Å². The van der Waals surface area contributed by atoms with E-state index in [-0.39, 0.29) is 23.3 Å². The van der Waals surface area contributed by atoms with E-state index in [9.17, 15) is 9.59 Å². The molecule has 0 aromatic heterocycles. The molecule has 148 valence electrons. The van der Waals surface area contributed by atoms with Crippen LogP contribution in [0.4, 0.5) is 5.69 Å². The summed E-state index contributed by atoms with van der Waals surface area (Å²) in [4.78, 5) is 26.3. The zero-order valence-electron chi connectivity index (χ0n) is 16.2. The molecular weight excluding hydrogens is 368 g/mol. The third-order valence-electron chi connectivity index (χ3n) is 5.27. The Hall–Kier alpha value is -3.61. The van der Waals surface area contributed by atoms with Crippen molar-refractivity contribution in [3.63, 3.8) is 0 Å². The van der Waals surface area contributed by atoms with Gasteiger partial charge < -0.3 is 15.7 Å². The van der Waals surface area contributed by atoms with Gasteiger partial charge in [-0.2, -0.15) is 5.01 Å². The molecule has 0 radical (unpaired) electrons. The van der Waals surface area contributed by atoms with Gasteiger partial charge in [-0.05, 0) is 61.8 Å². The molecule has 2 aliphatic heterocycles. The molecule has 0 saturated heterocycles. The highest BCUT2D eigenvalue weighted by molar-refractivity contribution is 6.29. The highest BCUT2D eigenvalue weighted by atomic mass is 16.4. The number of hydrogen-bond donors (Lipinski definition) is 2. The highest BCUT2D eigenvalue weighted by Crippen LogP contribution is 2.36. The van der Waals surface area contributed by atoms with Gasteiger partial charge in [-0.15, -0.1) is 5.10 Å². The van der Waals surface area contributed by atoms with Crippen molar-refractivity contribution in [2.24, 2.45) is 10.8 Å². The molecule has 1 aliphatic carbocycles. The number of fused-ring (bicyclic) bond motifs is 1. The molecule has 7 heteroatoms.